The quantitative estimate of drug-likeness (QED) is 0.461. The molecule has 1 N–H and O–H groups in total. The summed E-state index contributed by atoms with van der Waals surface area (Å²) in [7, 11) is 2.62. The van der Waals surface area contributed by atoms with Gasteiger partial charge in [0, 0.05) is 10.7 Å². The van der Waals surface area contributed by atoms with E-state index in [1.165, 1.54) is 5.39 Å². The van der Waals surface area contributed by atoms with Crippen molar-refractivity contribution in [1.29, 1.82) is 0 Å². The highest BCUT2D eigenvalue weighted by atomic mass is 31.0. The summed E-state index contributed by atoms with van der Waals surface area (Å²) in [5.74, 6) is 0.360. The van der Waals surface area contributed by atoms with Crippen molar-refractivity contribution in [2.75, 3.05) is 0 Å². The van der Waals surface area contributed by atoms with E-state index in [1.54, 1.807) is 0 Å². The van der Waals surface area contributed by atoms with Crippen molar-refractivity contribution in [3.05, 3.63) is 48.5 Å². The number of hydrogen-bond acceptors (Lipinski definition) is 1. The Bertz CT molecular complexity index is 628. The van der Waals surface area contributed by atoms with Crippen LogP contribution < -0.4 is 5.30 Å². The Morgan fingerprint density at radius 3 is 1.75 bits per heavy atom. The topological polar surface area (TPSA) is 20.2 Å². The number of phenolic OH excluding ortho intramolecular Hbond substituents is 1. The van der Waals surface area contributed by atoms with Crippen LogP contribution in [0.15, 0.2) is 48.5 Å². The zero-order valence-corrected chi connectivity index (χ0v) is 9.80. The maximum Gasteiger partial charge on any atom is 0.131 e. The molecule has 0 aliphatic rings. The van der Waals surface area contributed by atoms with E-state index in [4.69, 9.17) is 0 Å². The van der Waals surface area contributed by atoms with Crippen molar-refractivity contribution in [2.45, 2.75) is 0 Å². The van der Waals surface area contributed by atoms with Gasteiger partial charge in [-0.05, 0) is 16.2 Å². The molecular weight excluding hydrogens is 215 g/mol. The van der Waals surface area contributed by atoms with Gasteiger partial charge in [0.1, 0.15) is 5.75 Å². The minimum Gasteiger partial charge on any atom is -0.507 e. The molecule has 0 aliphatic heterocycles. The fourth-order valence-electron chi connectivity index (χ4n) is 2.15. The lowest BCUT2D eigenvalue weighted by molar-refractivity contribution is 0.486. The smallest absolute Gasteiger partial charge is 0.131 e. The second-order valence-corrected chi connectivity index (χ2v) is 4.43. The van der Waals surface area contributed by atoms with Gasteiger partial charge in [0.25, 0.3) is 0 Å². The Labute approximate surface area is 95.9 Å². The van der Waals surface area contributed by atoms with Crippen LogP contribution in [0.2, 0.25) is 0 Å². The molecule has 0 heterocycles. The van der Waals surface area contributed by atoms with Gasteiger partial charge >= 0.3 is 0 Å². The van der Waals surface area contributed by atoms with E-state index in [9.17, 15) is 5.11 Å². The number of phenols is 1. The lowest BCUT2D eigenvalue weighted by atomic mass is 10.0. The Balaban J connectivity index is 2.69. The van der Waals surface area contributed by atoms with Gasteiger partial charge in [0.15, 0.2) is 0 Å². The van der Waals surface area contributed by atoms with Crippen LogP contribution in [0.25, 0.3) is 21.5 Å². The van der Waals surface area contributed by atoms with Crippen molar-refractivity contribution in [1.82, 2.24) is 0 Å². The number of fused-ring (bicyclic) bond motifs is 3. The highest BCUT2D eigenvalue weighted by molar-refractivity contribution is 7.28. The monoisotopic (exact) mass is 226 g/mol. The minimum absolute atomic E-state index is 0.360. The van der Waals surface area contributed by atoms with Gasteiger partial charge in [0.2, 0.25) is 0 Å². The van der Waals surface area contributed by atoms with Crippen molar-refractivity contribution in [2.24, 2.45) is 0 Å². The number of hydrogen-bond donors (Lipinski definition) is 1. The van der Waals surface area contributed by atoms with E-state index in [2.05, 4.69) is 15.3 Å². The molecule has 1 nitrogen and oxygen atoms in total. The maximum absolute atomic E-state index is 10.1. The average Bonchev–Trinajstić information content (AvgIpc) is 2.36. The van der Waals surface area contributed by atoms with E-state index in [0.717, 1.165) is 21.5 Å². The maximum atomic E-state index is 10.1. The fourth-order valence-corrected chi connectivity index (χ4v) is 2.56. The molecule has 1 unspecified atom stereocenters. The van der Waals surface area contributed by atoms with Crippen LogP contribution in [0.1, 0.15) is 0 Å². The minimum atomic E-state index is 0.360. The van der Waals surface area contributed by atoms with Gasteiger partial charge in [0.05, 0.1) is 0 Å². The van der Waals surface area contributed by atoms with Crippen LogP contribution in [-0.4, -0.2) is 5.11 Å². The second kappa shape index (κ2) is 3.47. The molecule has 3 rings (SSSR count). The van der Waals surface area contributed by atoms with Crippen LogP contribution in [0, 0.1) is 0 Å². The van der Waals surface area contributed by atoms with Crippen LogP contribution in [0.5, 0.6) is 5.75 Å². The zero-order valence-electron chi connectivity index (χ0n) is 8.64. The normalized spacial score (nSPS) is 11.1. The first-order valence-corrected chi connectivity index (χ1v) is 5.74. The molecule has 0 spiro atoms. The molecule has 0 saturated carbocycles. The summed E-state index contributed by atoms with van der Waals surface area (Å²) in [6, 6.07) is 16.1. The second-order valence-electron chi connectivity index (χ2n) is 3.85. The largest absolute Gasteiger partial charge is 0.507 e. The fraction of sp³-hybridized carbons (Fsp3) is 0. The molecule has 0 fully saturated rings. The van der Waals surface area contributed by atoms with Gasteiger partial charge in [-0.25, -0.2) is 0 Å². The third-order valence-electron chi connectivity index (χ3n) is 2.94. The molecule has 78 valence electrons. The first kappa shape index (κ1) is 9.62. The summed E-state index contributed by atoms with van der Waals surface area (Å²) in [6.07, 6.45) is 0. The molecule has 0 amide bonds. The van der Waals surface area contributed by atoms with Crippen LogP contribution in [-0.2, 0) is 0 Å². The van der Waals surface area contributed by atoms with Crippen LogP contribution in [0.3, 0.4) is 0 Å². The van der Waals surface area contributed by atoms with E-state index in [1.807, 2.05) is 42.5 Å². The van der Waals surface area contributed by atoms with E-state index < -0.39 is 0 Å². The summed E-state index contributed by atoms with van der Waals surface area (Å²) in [4.78, 5) is 0. The van der Waals surface area contributed by atoms with Crippen LogP contribution >= 0.6 is 9.24 Å². The van der Waals surface area contributed by atoms with E-state index in [-0.39, 0.29) is 0 Å². The predicted molar refractivity (Wildman–Crippen MR) is 72.5 cm³/mol. The lowest BCUT2D eigenvalue weighted by Gasteiger charge is -2.09. The van der Waals surface area contributed by atoms with Gasteiger partial charge in [-0.2, -0.15) is 0 Å². The van der Waals surface area contributed by atoms with Gasteiger partial charge in [-0.1, -0.05) is 48.5 Å². The number of benzene rings is 3. The zero-order chi connectivity index (χ0) is 11.1. The first-order chi connectivity index (χ1) is 7.79. The number of rotatable bonds is 0. The van der Waals surface area contributed by atoms with Gasteiger partial charge in [-0.15, -0.1) is 9.24 Å². The lowest BCUT2D eigenvalue weighted by Crippen LogP contribution is -1.95. The predicted octanol–water partition coefficient (Wildman–Crippen LogP) is 3.20. The van der Waals surface area contributed by atoms with E-state index >= 15 is 0 Å². The van der Waals surface area contributed by atoms with Crippen molar-refractivity contribution in [3.8, 4) is 5.75 Å². The number of aromatic hydroxyl groups is 1. The molecule has 1 atom stereocenters. The standard InChI is InChI=1S/C14H11OP/c15-13-11-7-3-1-5-9(11)10-6-2-4-8-12(10)14(13)16/h1-8,15H,16H2. The highest BCUT2D eigenvalue weighted by Crippen LogP contribution is 2.32. The molecule has 3 aromatic carbocycles. The molecule has 0 aromatic heterocycles. The van der Waals surface area contributed by atoms with Crippen molar-refractivity contribution >= 4 is 36.1 Å². The third-order valence-corrected chi connectivity index (χ3v) is 3.53. The molecule has 16 heavy (non-hydrogen) atoms. The molecule has 3 aromatic rings. The first-order valence-electron chi connectivity index (χ1n) is 5.17. The SMILES string of the molecule is Oc1c(P)c2ccccc2c2ccccc12. The van der Waals surface area contributed by atoms with Crippen molar-refractivity contribution < 1.29 is 5.11 Å². The molecule has 0 saturated heterocycles. The highest BCUT2D eigenvalue weighted by Gasteiger charge is 2.09. The molecule has 2 heteroatoms. The summed E-state index contributed by atoms with van der Waals surface area (Å²) < 4.78 is 0. The van der Waals surface area contributed by atoms with Gasteiger partial charge in [-0.3, -0.25) is 0 Å². The van der Waals surface area contributed by atoms with Crippen LogP contribution in [0.4, 0.5) is 0 Å². The Kier molecular flexibility index (Phi) is 2.08. The molecule has 0 bridgehead atoms. The molecular formula is C14H11OP. The summed E-state index contributed by atoms with van der Waals surface area (Å²) in [5, 5.41) is 15.3. The Morgan fingerprint density at radius 2 is 1.12 bits per heavy atom. The third kappa shape index (κ3) is 1.22. The summed E-state index contributed by atoms with van der Waals surface area (Å²) in [5.41, 5.74) is 0. The summed E-state index contributed by atoms with van der Waals surface area (Å²) in [6.45, 7) is 0. The van der Waals surface area contributed by atoms with Crippen molar-refractivity contribution in [3.63, 3.8) is 0 Å². The van der Waals surface area contributed by atoms with E-state index in [0.29, 0.717) is 5.75 Å². The Hall–Kier alpha value is -1.59. The Morgan fingerprint density at radius 1 is 0.688 bits per heavy atom. The average molecular weight is 226 g/mol. The van der Waals surface area contributed by atoms with Gasteiger partial charge < -0.3 is 5.11 Å². The molecule has 0 radical (unpaired) electrons. The summed E-state index contributed by atoms with van der Waals surface area (Å²) >= 11 is 0. The molecule has 0 aliphatic carbocycles.